The summed E-state index contributed by atoms with van der Waals surface area (Å²) in [7, 11) is 0. The smallest absolute Gasteiger partial charge is 0.119 e. The van der Waals surface area contributed by atoms with Crippen LogP contribution in [0.5, 0.6) is 11.5 Å². The van der Waals surface area contributed by atoms with Gasteiger partial charge in [0.25, 0.3) is 0 Å². The van der Waals surface area contributed by atoms with E-state index in [9.17, 15) is 10.2 Å². The number of phenols is 2. The molecule has 0 heterocycles. The number of phenolic OH excluding ortho intramolecular Hbond substituents is 2. The summed E-state index contributed by atoms with van der Waals surface area (Å²) in [6.45, 7) is 10.7. The fourth-order valence-electron chi connectivity index (χ4n) is 4.38. The van der Waals surface area contributed by atoms with Crippen molar-refractivity contribution in [2.75, 3.05) is 0 Å². The monoisotopic (exact) mass is 382 g/mol. The predicted octanol–water partition coefficient (Wildman–Crippen LogP) is 7.33. The van der Waals surface area contributed by atoms with E-state index >= 15 is 0 Å². The lowest BCUT2D eigenvalue weighted by molar-refractivity contribution is 0.447. The van der Waals surface area contributed by atoms with Gasteiger partial charge in [0, 0.05) is 17.0 Å². The molecule has 0 aliphatic heterocycles. The topological polar surface area (TPSA) is 40.5 Å². The number of benzene rings is 2. The Morgan fingerprint density at radius 3 is 1.46 bits per heavy atom. The number of hydrogen-bond acceptors (Lipinski definition) is 2. The van der Waals surface area contributed by atoms with Gasteiger partial charge in [-0.25, -0.2) is 0 Å². The van der Waals surface area contributed by atoms with Crippen LogP contribution in [-0.4, -0.2) is 10.2 Å². The lowest BCUT2D eigenvalue weighted by Crippen LogP contribution is -2.10. The molecule has 0 fully saturated rings. The molecule has 0 bridgehead atoms. The average molecular weight is 383 g/mol. The minimum Gasteiger partial charge on any atom is -0.508 e. The molecule has 0 unspecified atom stereocenters. The van der Waals surface area contributed by atoms with E-state index in [1.807, 2.05) is 26.0 Å². The van der Waals surface area contributed by atoms with Crippen LogP contribution in [0.3, 0.4) is 0 Å². The third-order valence-corrected chi connectivity index (χ3v) is 5.65. The van der Waals surface area contributed by atoms with E-state index in [1.165, 1.54) is 11.1 Å². The molecule has 0 radical (unpaired) electrons. The van der Waals surface area contributed by atoms with Gasteiger partial charge in [0.05, 0.1) is 0 Å². The normalized spacial score (nSPS) is 11.4. The van der Waals surface area contributed by atoms with Crippen molar-refractivity contribution < 1.29 is 10.2 Å². The van der Waals surface area contributed by atoms with Crippen molar-refractivity contribution in [3.05, 3.63) is 57.6 Å². The molecule has 2 heteroatoms. The predicted molar refractivity (Wildman–Crippen MR) is 120 cm³/mol. The van der Waals surface area contributed by atoms with E-state index in [0.717, 1.165) is 73.6 Å². The third kappa shape index (κ3) is 5.31. The van der Waals surface area contributed by atoms with Crippen LogP contribution in [0.1, 0.15) is 98.6 Å². The van der Waals surface area contributed by atoms with Crippen molar-refractivity contribution in [1.82, 2.24) is 0 Å². The van der Waals surface area contributed by atoms with Gasteiger partial charge >= 0.3 is 0 Å². The summed E-state index contributed by atoms with van der Waals surface area (Å²) >= 11 is 0. The molecular weight excluding hydrogens is 344 g/mol. The molecule has 0 aliphatic carbocycles. The lowest BCUT2D eigenvalue weighted by atomic mass is 9.79. The van der Waals surface area contributed by atoms with Crippen molar-refractivity contribution in [1.29, 1.82) is 0 Å². The number of aryl methyl sites for hydroxylation is 4. The third-order valence-electron chi connectivity index (χ3n) is 5.65. The Morgan fingerprint density at radius 2 is 1.11 bits per heavy atom. The highest BCUT2D eigenvalue weighted by atomic mass is 16.3. The van der Waals surface area contributed by atoms with E-state index in [2.05, 4.69) is 32.9 Å². The molecule has 0 saturated heterocycles. The van der Waals surface area contributed by atoms with Crippen molar-refractivity contribution in [3.8, 4) is 11.5 Å². The highest BCUT2D eigenvalue weighted by Gasteiger charge is 2.26. The first kappa shape index (κ1) is 22.3. The summed E-state index contributed by atoms with van der Waals surface area (Å²) in [5, 5.41) is 21.9. The summed E-state index contributed by atoms with van der Waals surface area (Å²) in [6.07, 6.45) is 8.34. The maximum absolute atomic E-state index is 11.0. The van der Waals surface area contributed by atoms with Crippen LogP contribution in [0.4, 0.5) is 0 Å². The first-order valence-corrected chi connectivity index (χ1v) is 11.1. The van der Waals surface area contributed by atoms with Gasteiger partial charge in [-0.2, -0.15) is 0 Å². The van der Waals surface area contributed by atoms with Crippen LogP contribution < -0.4 is 0 Å². The fourth-order valence-corrected chi connectivity index (χ4v) is 4.38. The standard InChI is InChI=1S/C26H38O2/c1-6-9-12-20-14-18(4)16-23(27)25(20)22(11-8-3)26-21(13-10-7-2)15-19(5)17-24(26)28/h14-17,22,27-28H,6-13H2,1-5H3. The number of rotatable bonds is 10. The van der Waals surface area contributed by atoms with Gasteiger partial charge in [-0.15, -0.1) is 0 Å². The Labute approximate surface area is 171 Å². The zero-order valence-electron chi connectivity index (χ0n) is 18.4. The van der Waals surface area contributed by atoms with Gasteiger partial charge in [0.2, 0.25) is 0 Å². The molecule has 0 spiro atoms. The Balaban J connectivity index is 2.67. The molecule has 28 heavy (non-hydrogen) atoms. The Morgan fingerprint density at radius 1 is 0.679 bits per heavy atom. The zero-order valence-corrected chi connectivity index (χ0v) is 18.4. The van der Waals surface area contributed by atoms with Crippen LogP contribution >= 0.6 is 0 Å². The highest BCUT2D eigenvalue weighted by molar-refractivity contribution is 5.54. The summed E-state index contributed by atoms with van der Waals surface area (Å²) in [5.74, 6) is 0.793. The van der Waals surface area contributed by atoms with Crippen LogP contribution in [0.2, 0.25) is 0 Å². The first-order chi connectivity index (χ1) is 13.4. The minimum atomic E-state index is 0.0323. The molecule has 0 amide bonds. The molecule has 0 atom stereocenters. The highest BCUT2D eigenvalue weighted by Crippen LogP contribution is 2.43. The lowest BCUT2D eigenvalue weighted by Gasteiger charge is -2.26. The first-order valence-electron chi connectivity index (χ1n) is 11.1. The van der Waals surface area contributed by atoms with Crippen molar-refractivity contribution >= 4 is 0 Å². The van der Waals surface area contributed by atoms with Gasteiger partial charge in [-0.05, 0) is 80.3 Å². The van der Waals surface area contributed by atoms with Gasteiger partial charge in [-0.3, -0.25) is 0 Å². The van der Waals surface area contributed by atoms with Crippen LogP contribution in [-0.2, 0) is 12.8 Å². The molecule has 0 aliphatic rings. The summed E-state index contributed by atoms with van der Waals surface area (Å²) in [4.78, 5) is 0. The van der Waals surface area contributed by atoms with Gasteiger partial charge in [0.1, 0.15) is 11.5 Å². The van der Waals surface area contributed by atoms with Gasteiger partial charge < -0.3 is 10.2 Å². The molecule has 2 rings (SSSR count). The molecule has 2 aromatic carbocycles. The van der Waals surface area contributed by atoms with E-state index in [0.29, 0.717) is 11.5 Å². The fraction of sp³-hybridized carbons (Fsp3) is 0.538. The molecule has 2 N–H and O–H groups in total. The number of aromatic hydroxyl groups is 2. The van der Waals surface area contributed by atoms with Crippen molar-refractivity contribution in [2.24, 2.45) is 0 Å². The zero-order chi connectivity index (χ0) is 20.7. The molecule has 154 valence electrons. The second-order valence-electron chi connectivity index (χ2n) is 8.26. The Hall–Kier alpha value is -1.96. The van der Waals surface area contributed by atoms with E-state index in [1.54, 1.807) is 0 Å². The van der Waals surface area contributed by atoms with Gasteiger partial charge in [-0.1, -0.05) is 52.2 Å². The maximum Gasteiger partial charge on any atom is 0.119 e. The number of hydrogen-bond donors (Lipinski definition) is 2. The number of unbranched alkanes of at least 4 members (excludes halogenated alkanes) is 2. The molecule has 2 nitrogen and oxygen atoms in total. The van der Waals surface area contributed by atoms with E-state index < -0.39 is 0 Å². The minimum absolute atomic E-state index is 0.0323. The van der Waals surface area contributed by atoms with E-state index in [-0.39, 0.29) is 5.92 Å². The van der Waals surface area contributed by atoms with Crippen molar-refractivity contribution in [2.45, 2.75) is 91.9 Å². The summed E-state index contributed by atoms with van der Waals surface area (Å²) in [6, 6.07) is 8.21. The van der Waals surface area contributed by atoms with Gasteiger partial charge in [0.15, 0.2) is 0 Å². The van der Waals surface area contributed by atoms with Crippen LogP contribution in [0.15, 0.2) is 24.3 Å². The molecule has 0 saturated carbocycles. The Kier molecular flexibility index (Phi) is 8.41. The average Bonchev–Trinajstić information content (AvgIpc) is 2.63. The van der Waals surface area contributed by atoms with E-state index in [4.69, 9.17) is 0 Å². The largest absolute Gasteiger partial charge is 0.508 e. The Bertz CT molecular complexity index is 713. The van der Waals surface area contributed by atoms with Crippen LogP contribution in [0.25, 0.3) is 0 Å². The molecule has 2 aromatic rings. The summed E-state index contributed by atoms with van der Waals surface area (Å²) < 4.78 is 0. The molecule has 0 aromatic heterocycles. The SMILES string of the molecule is CCCCc1cc(C)cc(O)c1C(CCC)c1c(O)cc(C)cc1CCCC. The summed E-state index contributed by atoms with van der Waals surface area (Å²) in [5.41, 5.74) is 6.72. The second-order valence-corrected chi connectivity index (χ2v) is 8.26. The quantitative estimate of drug-likeness (QED) is 0.451. The van der Waals surface area contributed by atoms with Crippen molar-refractivity contribution in [3.63, 3.8) is 0 Å². The molecular formula is C26H38O2. The maximum atomic E-state index is 11.0. The van der Waals surface area contributed by atoms with Crippen LogP contribution in [0, 0.1) is 13.8 Å². The second kappa shape index (κ2) is 10.5.